The minimum atomic E-state index is -0.504. The van der Waals surface area contributed by atoms with E-state index in [0.29, 0.717) is 25.5 Å². The van der Waals surface area contributed by atoms with E-state index in [0.717, 1.165) is 11.4 Å². The summed E-state index contributed by atoms with van der Waals surface area (Å²) in [6.07, 6.45) is -0.341. The standard InChI is InChI=1S/C13H18N4O2/c1-5-17-10-8-16(12(18)19-13(2,3)4)7-9(10)15-11(17)6-14/h5,7-8H2,1-4H3. The first-order valence-corrected chi connectivity index (χ1v) is 6.32. The van der Waals surface area contributed by atoms with Crippen molar-refractivity contribution in [2.45, 2.75) is 52.9 Å². The van der Waals surface area contributed by atoms with E-state index in [9.17, 15) is 4.79 Å². The Balaban J connectivity index is 2.16. The van der Waals surface area contributed by atoms with E-state index in [1.807, 2.05) is 32.3 Å². The third-order valence-electron chi connectivity index (χ3n) is 2.90. The molecule has 0 spiro atoms. The summed E-state index contributed by atoms with van der Waals surface area (Å²) in [4.78, 5) is 17.9. The predicted octanol–water partition coefficient (Wildman–Crippen LogP) is 2.03. The summed E-state index contributed by atoms with van der Waals surface area (Å²) in [5.41, 5.74) is 1.23. The van der Waals surface area contributed by atoms with Gasteiger partial charge in [0.05, 0.1) is 24.5 Å². The molecule has 6 heteroatoms. The first-order chi connectivity index (χ1) is 8.85. The first-order valence-electron chi connectivity index (χ1n) is 6.32. The van der Waals surface area contributed by atoms with E-state index in [4.69, 9.17) is 10.00 Å². The van der Waals surface area contributed by atoms with E-state index in [2.05, 4.69) is 11.1 Å². The molecule has 19 heavy (non-hydrogen) atoms. The van der Waals surface area contributed by atoms with Crippen molar-refractivity contribution in [3.8, 4) is 6.07 Å². The van der Waals surface area contributed by atoms with Gasteiger partial charge in [0.25, 0.3) is 0 Å². The van der Waals surface area contributed by atoms with Gasteiger partial charge in [-0.15, -0.1) is 0 Å². The van der Waals surface area contributed by atoms with Crippen LogP contribution < -0.4 is 0 Å². The molecule has 1 aliphatic heterocycles. The van der Waals surface area contributed by atoms with E-state index in [1.165, 1.54) is 0 Å². The number of ether oxygens (including phenoxy) is 1. The zero-order chi connectivity index (χ0) is 14.2. The van der Waals surface area contributed by atoms with Gasteiger partial charge in [-0.1, -0.05) is 0 Å². The summed E-state index contributed by atoms with van der Waals surface area (Å²) < 4.78 is 7.18. The van der Waals surface area contributed by atoms with Gasteiger partial charge in [0.1, 0.15) is 11.7 Å². The molecule has 0 radical (unpaired) electrons. The van der Waals surface area contributed by atoms with E-state index >= 15 is 0 Å². The van der Waals surface area contributed by atoms with E-state index in [1.54, 1.807) is 4.90 Å². The summed E-state index contributed by atoms with van der Waals surface area (Å²) in [5.74, 6) is 0.413. The molecule has 2 rings (SSSR count). The first kappa shape index (κ1) is 13.4. The van der Waals surface area contributed by atoms with Crippen molar-refractivity contribution in [3.63, 3.8) is 0 Å². The van der Waals surface area contributed by atoms with Gasteiger partial charge in [-0.3, -0.25) is 4.90 Å². The molecule has 1 aliphatic rings. The quantitative estimate of drug-likeness (QED) is 0.776. The van der Waals surface area contributed by atoms with Gasteiger partial charge in [0.15, 0.2) is 0 Å². The molecule has 0 saturated carbocycles. The largest absolute Gasteiger partial charge is 0.444 e. The number of hydrogen-bond acceptors (Lipinski definition) is 4. The molecule has 6 nitrogen and oxygen atoms in total. The van der Waals surface area contributed by atoms with Crippen LogP contribution in [0, 0.1) is 11.3 Å². The maximum absolute atomic E-state index is 12.0. The van der Waals surface area contributed by atoms with Gasteiger partial charge in [0, 0.05) is 6.54 Å². The number of nitrogens with zero attached hydrogens (tertiary/aromatic N) is 4. The number of aromatic nitrogens is 2. The Kier molecular flexibility index (Phi) is 3.23. The van der Waals surface area contributed by atoms with Crippen LogP contribution in [0.1, 0.15) is 44.9 Å². The number of hydrogen-bond donors (Lipinski definition) is 0. The SMILES string of the molecule is CCn1c(C#N)nc2c1CN(C(=O)OC(C)(C)C)C2. The smallest absolute Gasteiger partial charge is 0.410 e. The van der Waals surface area contributed by atoms with Crippen LogP contribution in [0.2, 0.25) is 0 Å². The van der Waals surface area contributed by atoms with Gasteiger partial charge in [0.2, 0.25) is 5.82 Å². The fraction of sp³-hybridized carbons (Fsp3) is 0.615. The molecule has 0 saturated heterocycles. The Morgan fingerprint density at radius 3 is 2.68 bits per heavy atom. The average Bonchev–Trinajstić information content (AvgIpc) is 2.82. The fourth-order valence-corrected chi connectivity index (χ4v) is 2.14. The van der Waals surface area contributed by atoms with Crippen LogP contribution in [0.5, 0.6) is 0 Å². The van der Waals surface area contributed by atoms with Crippen LogP contribution >= 0.6 is 0 Å². The van der Waals surface area contributed by atoms with Crippen molar-refractivity contribution in [2.75, 3.05) is 0 Å². The third-order valence-corrected chi connectivity index (χ3v) is 2.90. The molecule has 0 unspecified atom stereocenters. The fourth-order valence-electron chi connectivity index (χ4n) is 2.14. The minimum absolute atomic E-state index is 0.341. The molecule has 1 amide bonds. The Labute approximate surface area is 112 Å². The number of carbonyl (C=O) groups is 1. The molecule has 2 heterocycles. The summed E-state index contributed by atoms with van der Waals surface area (Å²) in [6.45, 7) is 9.01. The van der Waals surface area contributed by atoms with Gasteiger partial charge in [-0.25, -0.2) is 9.78 Å². The second-order valence-corrected chi connectivity index (χ2v) is 5.52. The zero-order valence-electron chi connectivity index (χ0n) is 11.7. The lowest BCUT2D eigenvalue weighted by atomic mass is 10.2. The maximum atomic E-state index is 12.0. The Hall–Kier alpha value is -2.03. The summed E-state index contributed by atoms with van der Waals surface area (Å²) in [6, 6.07) is 2.08. The van der Waals surface area contributed by atoms with Crippen molar-refractivity contribution >= 4 is 6.09 Å². The van der Waals surface area contributed by atoms with Crippen LogP contribution in [0.15, 0.2) is 0 Å². The van der Waals surface area contributed by atoms with E-state index in [-0.39, 0.29) is 6.09 Å². The summed E-state index contributed by atoms with van der Waals surface area (Å²) in [5, 5.41) is 9.00. The van der Waals surface area contributed by atoms with Crippen LogP contribution in [-0.4, -0.2) is 26.1 Å². The third kappa shape index (κ3) is 2.55. The average molecular weight is 262 g/mol. The van der Waals surface area contributed by atoms with Gasteiger partial charge >= 0.3 is 6.09 Å². The zero-order valence-corrected chi connectivity index (χ0v) is 11.7. The number of nitriles is 1. The van der Waals surface area contributed by atoms with E-state index < -0.39 is 5.60 Å². The molecule has 0 N–H and O–H groups in total. The van der Waals surface area contributed by atoms with Crippen molar-refractivity contribution in [1.29, 1.82) is 5.26 Å². The van der Waals surface area contributed by atoms with Crippen molar-refractivity contribution in [1.82, 2.24) is 14.5 Å². The predicted molar refractivity (Wildman–Crippen MR) is 68.1 cm³/mol. The minimum Gasteiger partial charge on any atom is -0.444 e. The molecular formula is C13H18N4O2. The molecule has 1 aromatic heterocycles. The highest BCUT2D eigenvalue weighted by molar-refractivity contribution is 5.69. The van der Waals surface area contributed by atoms with Crippen LogP contribution in [0.4, 0.5) is 4.79 Å². The monoisotopic (exact) mass is 262 g/mol. The lowest BCUT2D eigenvalue weighted by molar-refractivity contribution is 0.0237. The number of carbonyl (C=O) groups excluding carboxylic acids is 1. The maximum Gasteiger partial charge on any atom is 0.410 e. The Morgan fingerprint density at radius 1 is 1.47 bits per heavy atom. The van der Waals surface area contributed by atoms with Crippen LogP contribution in [-0.2, 0) is 24.4 Å². The lowest BCUT2D eigenvalue weighted by Crippen LogP contribution is -2.33. The second-order valence-electron chi connectivity index (χ2n) is 5.52. The molecule has 0 fully saturated rings. The van der Waals surface area contributed by atoms with Crippen LogP contribution in [0.3, 0.4) is 0 Å². The molecule has 0 bridgehead atoms. The van der Waals surface area contributed by atoms with Crippen LogP contribution in [0.25, 0.3) is 0 Å². The van der Waals surface area contributed by atoms with Gasteiger partial charge in [-0.2, -0.15) is 5.26 Å². The van der Waals surface area contributed by atoms with Gasteiger partial charge in [-0.05, 0) is 27.7 Å². The molecule has 0 aromatic carbocycles. The summed E-state index contributed by atoms with van der Waals surface area (Å²) >= 11 is 0. The molecule has 0 aliphatic carbocycles. The summed E-state index contributed by atoms with van der Waals surface area (Å²) in [7, 11) is 0. The molecule has 102 valence electrons. The molecular weight excluding hydrogens is 244 g/mol. The number of rotatable bonds is 1. The number of amides is 1. The highest BCUT2D eigenvalue weighted by Gasteiger charge is 2.32. The number of fused-ring (bicyclic) bond motifs is 1. The molecule has 1 aromatic rings. The molecule has 0 atom stereocenters. The van der Waals surface area contributed by atoms with Crippen molar-refractivity contribution in [3.05, 3.63) is 17.2 Å². The highest BCUT2D eigenvalue weighted by Crippen LogP contribution is 2.25. The van der Waals surface area contributed by atoms with Gasteiger partial charge < -0.3 is 9.30 Å². The lowest BCUT2D eigenvalue weighted by Gasteiger charge is -2.24. The highest BCUT2D eigenvalue weighted by atomic mass is 16.6. The Morgan fingerprint density at radius 2 is 2.16 bits per heavy atom. The second kappa shape index (κ2) is 4.57. The number of imidazole rings is 1. The van der Waals surface area contributed by atoms with Crippen molar-refractivity contribution < 1.29 is 9.53 Å². The van der Waals surface area contributed by atoms with Crippen molar-refractivity contribution in [2.24, 2.45) is 0 Å². The Bertz CT molecular complexity index is 548. The topological polar surface area (TPSA) is 71.2 Å². The normalized spacial score (nSPS) is 14.2.